The van der Waals surface area contributed by atoms with Crippen LogP contribution in [-0.4, -0.2) is 0 Å². The Kier molecular flexibility index (Phi) is 3.95. The molecule has 1 heteroatoms. The zero-order valence-electron chi connectivity index (χ0n) is 15.6. The van der Waals surface area contributed by atoms with Gasteiger partial charge in [-0.15, -0.1) is 0 Å². The molecule has 0 spiro atoms. The highest BCUT2D eigenvalue weighted by molar-refractivity contribution is 5.65. The van der Waals surface area contributed by atoms with Crippen molar-refractivity contribution in [2.45, 2.75) is 39.5 Å². The van der Waals surface area contributed by atoms with Gasteiger partial charge in [0.1, 0.15) is 7.05 Å². The number of fused-ring (bicyclic) bond motifs is 1. The lowest BCUT2D eigenvalue weighted by Gasteiger charge is -2.09. The first-order valence-corrected chi connectivity index (χ1v) is 9.17. The Morgan fingerprint density at radius 3 is 2.20 bits per heavy atom. The summed E-state index contributed by atoms with van der Waals surface area (Å²) in [6.45, 7) is 6.63. The quantitative estimate of drug-likeness (QED) is 0.584. The normalized spacial score (nSPS) is 16.1. The Morgan fingerprint density at radius 2 is 1.48 bits per heavy atom. The lowest BCUT2D eigenvalue weighted by Crippen LogP contribution is -2.31. The van der Waals surface area contributed by atoms with Gasteiger partial charge in [0.15, 0.2) is 6.20 Å². The summed E-state index contributed by atoms with van der Waals surface area (Å²) in [6.07, 6.45) is 4.56. The predicted octanol–water partition coefficient (Wildman–Crippen LogP) is 4.99. The summed E-state index contributed by atoms with van der Waals surface area (Å²) in [5, 5.41) is 0. The number of pyridine rings is 1. The molecular formula is C24H26N+. The number of hydrogen-bond donors (Lipinski definition) is 0. The fraction of sp³-hybridized carbons (Fsp3) is 0.292. The van der Waals surface area contributed by atoms with Gasteiger partial charge in [0, 0.05) is 17.2 Å². The highest BCUT2D eigenvalue weighted by Crippen LogP contribution is 2.37. The fourth-order valence-electron chi connectivity index (χ4n) is 4.18. The largest absolute Gasteiger partial charge is 0.212 e. The van der Waals surface area contributed by atoms with Crippen LogP contribution in [0.2, 0.25) is 0 Å². The molecule has 0 N–H and O–H groups in total. The zero-order valence-corrected chi connectivity index (χ0v) is 15.6. The summed E-state index contributed by atoms with van der Waals surface area (Å²) in [4.78, 5) is 0. The number of nitrogens with zero attached hydrogens (tertiary/aromatic N) is 1. The molecule has 0 saturated heterocycles. The third-order valence-corrected chi connectivity index (χ3v) is 5.77. The van der Waals surface area contributed by atoms with Gasteiger partial charge < -0.3 is 0 Å². The number of rotatable bonds is 2. The molecule has 0 bridgehead atoms. The number of aromatic nitrogens is 1. The van der Waals surface area contributed by atoms with Crippen LogP contribution in [0.25, 0.3) is 11.3 Å². The molecule has 25 heavy (non-hydrogen) atoms. The van der Waals surface area contributed by atoms with Gasteiger partial charge in [0.25, 0.3) is 0 Å². The third-order valence-electron chi connectivity index (χ3n) is 5.77. The molecule has 1 nitrogen and oxygen atoms in total. The molecule has 1 unspecified atom stereocenters. The van der Waals surface area contributed by atoms with Crippen LogP contribution in [0, 0.1) is 20.8 Å². The van der Waals surface area contributed by atoms with Gasteiger partial charge in [-0.25, -0.2) is 4.57 Å². The standard InChI is InChI=1S/C24H26N/c1-16-11-24(25(4)15-18(16)3)23-14-22-13-21(12-20(22)10-17(23)2)19-8-6-5-7-9-19/h5-11,14-15,21H,12-13H2,1-4H3/q+1. The van der Waals surface area contributed by atoms with Gasteiger partial charge in [-0.2, -0.15) is 0 Å². The van der Waals surface area contributed by atoms with E-state index in [0.29, 0.717) is 5.92 Å². The summed E-state index contributed by atoms with van der Waals surface area (Å²) >= 11 is 0. The maximum atomic E-state index is 2.44. The Balaban J connectivity index is 1.74. The van der Waals surface area contributed by atoms with Crippen molar-refractivity contribution < 1.29 is 4.57 Å². The summed E-state index contributed by atoms with van der Waals surface area (Å²) in [5.41, 5.74) is 11.3. The van der Waals surface area contributed by atoms with Crippen LogP contribution in [0.15, 0.2) is 54.7 Å². The van der Waals surface area contributed by atoms with E-state index in [1.165, 1.54) is 51.1 Å². The highest BCUT2D eigenvalue weighted by Gasteiger charge is 2.25. The van der Waals surface area contributed by atoms with Crippen LogP contribution >= 0.6 is 0 Å². The van der Waals surface area contributed by atoms with Crippen molar-refractivity contribution in [2.24, 2.45) is 7.05 Å². The molecule has 0 aliphatic heterocycles. The molecule has 2 aromatic carbocycles. The Morgan fingerprint density at radius 1 is 0.800 bits per heavy atom. The minimum absolute atomic E-state index is 0.624. The van der Waals surface area contributed by atoms with E-state index in [2.05, 4.69) is 87.1 Å². The molecule has 1 heterocycles. The van der Waals surface area contributed by atoms with Crippen LogP contribution < -0.4 is 4.57 Å². The van der Waals surface area contributed by atoms with E-state index < -0.39 is 0 Å². The first kappa shape index (κ1) is 16.1. The molecule has 0 amide bonds. The highest BCUT2D eigenvalue weighted by atomic mass is 14.9. The number of hydrogen-bond acceptors (Lipinski definition) is 0. The van der Waals surface area contributed by atoms with Crippen LogP contribution in [0.3, 0.4) is 0 Å². The first-order chi connectivity index (χ1) is 12.0. The van der Waals surface area contributed by atoms with E-state index >= 15 is 0 Å². The molecule has 3 aromatic rings. The first-order valence-electron chi connectivity index (χ1n) is 9.17. The lowest BCUT2D eigenvalue weighted by atomic mass is 9.96. The zero-order chi connectivity index (χ0) is 17.6. The van der Waals surface area contributed by atoms with Crippen molar-refractivity contribution in [3.05, 3.63) is 88.1 Å². The maximum absolute atomic E-state index is 2.44. The summed E-state index contributed by atoms with van der Waals surface area (Å²) < 4.78 is 2.26. The molecule has 1 aliphatic rings. The molecule has 0 fully saturated rings. The van der Waals surface area contributed by atoms with Gasteiger partial charge in [-0.1, -0.05) is 36.4 Å². The van der Waals surface area contributed by atoms with Crippen LogP contribution in [0.1, 0.15) is 39.3 Å². The van der Waals surface area contributed by atoms with E-state index in [0.717, 1.165) is 6.42 Å². The Hall–Kier alpha value is -2.41. The topological polar surface area (TPSA) is 3.88 Å². The van der Waals surface area contributed by atoms with E-state index in [1.807, 2.05) is 0 Å². The smallest absolute Gasteiger partial charge is 0.201 e. The van der Waals surface area contributed by atoms with Gasteiger partial charge >= 0.3 is 0 Å². The Labute approximate surface area is 151 Å². The van der Waals surface area contributed by atoms with Crippen molar-refractivity contribution in [3.63, 3.8) is 0 Å². The minimum Gasteiger partial charge on any atom is -0.201 e. The molecule has 4 rings (SSSR count). The second-order valence-electron chi connectivity index (χ2n) is 7.59. The van der Waals surface area contributed by atoms with Crippen molar-refractivity contribution in [1.82, 2.24) is 0 Å². The van der Waals surface area contributed by atoms with Crippen molar-refractivity contribution in [1.29, 1.82) is 0 Å². The molecule has 126 valence electrons. The summed E-state index contributed by atoms with van der Waals surface area (Å²) in [6, 6.07) is 18.2. The van der Waals surface area contributed by atoms with Gasteiger partial charge in [-0.05, 0) is 73.4 Å². The molecule has 1 atom stereocenters. The molecule has 0 saturated carbocycles. The van der Waals surface area contributed by atoms with E-state index in [-0.39, 0.29) is 0 Å². The van der Waals surface area contributed by atoms with Crippen molar-refractivity contribution >= 4 is 0 Å². The molecule has 1 aromatic heterocycles. The Bertz CT molecular complexity index is 938. The van der Waals surface area contributed by atoms with Crippen LogP contribution in [0.4, 0.5) is 0 Å². The number of benzene rings is 2. The van der Waals surface area contributed by atoms with Gasteiger partial charge in [0.2, 0.25) is 5.69 Å². The predicted molar refractivity (Wildman–Crippen MR) is 104 cm³/mol. The van der Waals surface area contributed by atoms with Crippen molar-refractivity contribution in [2.75, 3.05) is 0 Å². The SMILES string of the molecule is Cc1cc(-c2cc3c(cc2C)CC(c2ccccc2)C3)[n+](C)cc1C. The van der Waals surface area contributed by atoms with Gasteiger partial charge in [0.05, 0.1) is 0 Å². The molecule has 1 aliphatic carbocycles. The second-order valence-corrected chi connectivity index (χ2v) is 7.59. The number of aryl methyl sites for hydroxylation is 4. The average Bonchev–Trinajstić information content (AvgIpc) is 3.01. The molecular weight excluding hydrogens is 302 g/mol. The average molecular weight is 328 g/mol. The van der Waals surface area contributed by atoms with E-state index in [9.17, 15) is 0 Å². The van der Waals surface area contributed by atoms with E-state index in [4.69, 9.17) is 0 Å². The van der Waals surface area contributed by atoms with Gasteiger partial charge in [-0.3, -0.25) is 0 Å². The summed E-state index contributed by atoms with van der Waals surface area (Å²) in [7, 11) is 2.15. The van der Waals surface area contributed by atoms with Crippen molar-refractivity contribution in [3.8, 4) is 11.3 Å². The lowest BCUT2D eigenvalue weighted by molar-refractivity contribution is -0.660. The maximum Gasteiger partial charge on any atom is 0.212 e. The van der Waals surface area contributed by atoms with Crippen LogP contribution in [0.5, 0.6) is 0 Å². The second kappa shape index (κ2) is 6.15. The fourth-order valence-corrected chi connectivity index (χ4v) is 4.18. The third kappa shape index (κ3) is 2.89. The molecule has 0 radical (unpaired) electrons. The minimum atomic E-state index is 0.624. The van der Waals surface area contributed by atoms with E-state index in [1.54, 1.807) is 0 Å². The van der Waals surface area contributed by atoms with Crippen LogP contribution in [-0.2, 0) is 19.9 Å². The monoisotopic (exact) mass is 328 g/mol. The summed E-state index contributed by atoms with van der Waals surface area (Å²) in [5.74, 6) is 0.624.